The van der Waals surface area contributed by atoms with Gasteiger partial charge in [-0.25, -0.2) is 8.42 Å². The van der Waals surface area contributed by atoms with Gasteiger partial charge in [0.15, 0.2) is 0 Å². The number of nitrogens with zero attached hydrogens (tertiary/aromatic N) is 1. The Morgan fingerprint density at radius 2 is 1.67 bits per heavy atom. The van der Waals surface area contributed by atoms with Gasteiger partial charge < -0.3 is 10.1 Å². The number of methoxy groups -OCH3 is 1. The quantitative estimate of drug-likeness (QED) is 0.731. The predicted molar refractivity (Wildman–Crippen MR) is 108 cm³/mol. The molecule has 0 saturated carbocycles. The van der Waals surface area contributed by atoms with Crippen LogP contribution in [0, 0.1) is 0 Å². The van der Waals surface area contributed by atoms with E-state index in [2.05, 4.69) is 5.32 Å². The van der Waals surface area contributed by atoms with E-state index in [1.165, 1.54) is 14.2 Å². The maximum Gasteiger partial charge on any atom is 0.259 e. The van der Waals surface area contributed by atoms with Gasteiger partial charge in [-0.15, -0.1) is 0 Å². The number of ether oxygens (including phenoxy) is 1. The normalized spacial score (nSPS) is 11.2. The van der Waals surface area contributed by atoms with Crippen LogP contribution in [0.3, 0.4) is 0 Å². The molecule has 3 aromatic carbocycles. The van der Waals surface area contributed by atoms with Crippen molar-refractivity contribution >= 4 is 38.1 Å². The van der Waals surface area contributed by atoms with Gasteiger partial charge in [-0.3, -0.25) is 9.10 Å². The van der Waals surface area contributed by atoms with Gasteiger partial charge in [0, 0.05) is 12.7 Å². The number of anilines is 2. The van der Waals surface area contributed by atoms with Crippen LogP contribution in [0.15, 0.2) is 60.7 Å². The van der Waals surface area contributed by atoms with E-state index in [1.54, 1.807) is 30.3 Å². The molecule has 0 unspecified atom stereocenters. The van der Waals surface area contributed by atoms with Crippen LogP contribution in [-0.4, -0.2) is 34.7 Å². The zero-order valence-corrected chi connectivity index (χ0v) is 16.1. The molecule has 0 spiro atoms. The number of benzene rings is 3. The van der Waals surface area contributed by atoms with Crippen molar-refractivity contribution < 1.29 is 17.9 Å². The first-order chi connectivity index (χ1) is 12.8. The molecule has 0 radical (unpaired) electrons. The first kappa shape index (κ1) is 18.7. The van der Waals surface area contributed by atoms with E-state index >= 15 is 0 Å². The van der Waals surface area contributed by atoms with E-state index in [0.29, 0.717) is 22.7 Å². The molecule has 27 heavy (non-hydrogen) atoms. The van der Waals surface area contributed by atoms with Gasteiger partial charge in [0.05, 0.1) is 24.6 Å². The smallest absolute Gasteiger partial charge is 0.259 e. The number of nitrogens with one attached hydrogen (secondary N) is 1. The van der Waals surface area contributed by atoms with Gasteiger partial charge in [0.1, 0.15) is 5.75 Å². The van der Waals surface area contributed by atoms with Crippen LogP contribution in [-0.2, 0) is 10.0 Å². The molecule has 3 rings (SSSR count). The fourth-order valence-electron chi connectivity index (χ4n) is 2.74. The number of hydrogen-bond acceptors (Lipinski definition) is 4. The van der Waals surface area contributed by atoms with Crippen molar-refractivity contribution in [3.8, 4) is 5.75 Å². The van der Waals surface area contributed by atoms with Crippen molar-refractivity contribution in [1.29, 1.82) is 0 Å². The third-order valence-corrected chi connectivity index (χ3v) is 5.48. The Labute approximate surface area is 158 Å². The molecule has 0 aliphatic carbocycles. The molecule has 140 valence electrons. The molecule has 0 saturated heterocycles. The van der Waals surface area contributed by atoms with Gasteiger partial charge in [-0.2, -0.15) is 0 Å². The van der Waals surface area contributed by atoms with Crippen LogP contribution in [0.2, 0.25) is 0 Å². The molecule has 0 heterocycles. The number of sulfonamides is 1. The lowest BCUT2D eigenvalue weighted by Gasteiger charge is -2.17. The minimum absolute atomic E-state index is 0.336. The Bertz CT molecular complexity index is 1110. The van der Waals surface area contributed by atoms with E-state index in [1.807, 2.05) is 30.3 Å². The van der Waals surface area contributed by atoms with E-state index in [-0.39, 0.29) is 5.91 Å². The molecule has 1 N–H and O–H groups in total. The van der Waals surface area contributed by atoms with E-state index in [9.17, 15) is 13.2 Å². The van der Waals surface area contributed by atoms with Crippen LogP contribution in [0.4, 0.5) is 11.4 Å². The van der Waals surface area contributed by atoms with Crippen LogP contribution < -0.4 is 14.4 Å². The largest absolute Gasteiger partial charge is 0.496 e. The highest BCUT2D eigenvalue weighted by Crippen LogP contribution is 2.27. The summed E-state index contributed by atoms with van der Waals surface area (Å²) >= 11 is 0. The molecule has 1 amide bonds. The first-order valence-corrected chi connectivity index (χ1v) is 10.1. The van der Waals surface area contributed by atoms with Gasteiger partial charge in [0.2, 0.25) is 10.0 Å². The highest BCUT2D eigenvalue weighted by Gasteiger charge is 2.16. The molecule has 0 aliphatic heterocycles. The van der Waals surface area contributed by atoms with Crippen LogP contribution >= 0.6 is 0 Å². The van der Waals surface area contributed by atoms with Crippen molar-refractivity contribution in [2.24, 2.45) is 0 Å². The number of amides is 1. The van der Waals surface area contributed by atoms with Crippen molar-refractivity contribution in [3.63, 3.8) is 0 Å². The molecule has 0 fully saturated rings. The number of carbonyl (C=O) groups excluding carboxylic acids is 1. The summed E-state index contributed by atoms with van der Waals surface area (Å²) in [7, 11) is -0.410. The molecular weight excluding hydrogens is 364 g/mol. The number of hydrogen-bond donors (Lipinski definition) is 1. The highest BCUT2D eigenvalue weighted by molar-refractivity contribution is 7.92. The standard InChI is InChI=1S/C20H20N2O4S/c1-22(27(3,24)25)17-10-6-9-16(13-17)21-20(23)18-11-14-7-4-5-8-15(14)12-19(18)26-2/h4-13H,1-3H3,(H,21,23). The number of carbonyl (C=O) groups is 1. The zero-order valence-electron chi connectivity index (χ0n) is 15.3. The third kappa shape index (κ3) is 4.03. The number of rotatable bonds is 5. The molecular formula is C20H20N2O4S. The predicted octanol–water partition coefficient (Wildman–Crippen LogP) is 3.50. The second-order valence-electron chi connectivity index (χ2n) is 6.13. The summed E-state index contributed by atoms with van der Waals surface area (Å²) in [5.74, 6) is 0.132. The first-order valence-electron chi connectivity index (χ1n) is 8.21. The van der Waals surface area contributed by atoms with E-state index in [4.69, 9.17) is 4.74 Å². The Morgan fingerprint density at radius 1 is 1.00 bits per heavy atom. The molecule has 7 heteroatoms. The second-order valence-corrected chi connectivity index (χ2v) is 8.15. The van der Waals surface area contributed by atoms with Crippen molar-refractivity contribution in [3.05, 3.63) is 66.2 Å². The van der Waals surface area contributed by atoms with Crippen LogP contribution in [0.25, 0.3) is 10.8 Å². The van der Waals surface area contributed by atoms with Crippen molar-refractivity contribution in [2.45, 2.75) is 0 Å². The molecule has 6 nitrogen and oxygen atoms in total. The van der Waals surface area contributed by atoms with Crippen LogP contribution in [0.5, 0.6) is 5.75 Å². The molecule has 0 bridgehead atoms. The second kappa shape index (κ2) is 7.28. The molecule has 0 aromatic heterocycles. The van der Waals surface area contributed by atoms with E-state index in [0.717, 1.165) is 21.3 Å². The summed E-state index contributed by atoms with van der Waals surface area (Å²) in [6.45, 7) is 0. The minimum atomic E-state index is -3.39. The maximum absolute atomic E-state index is 12.8. The Kier molecular flexibility index (Phi) is 5.05. The van der Waals surface area contributed by atoms with Crippen LogP contribution in [0.1, 0.15) is 10.4 Å². The van der Waals surface area contributed by atoms with Gasteiger partial charge in [-0.05, 0) is 41.1 Å². The lowest BCUT2D eigenvalue weighted by molar-refractivity contribution is 0.102. The fraction of sp³-hybridized carbons (Fsp3) is 0.150. The average molecular weight is 384 g/mol. The lowest BCUT2D eigenvalue weighted by atomic mass is 10.1. The summed E-state index contributed by atoms with van der Waals surface area (Å²) in [5.41, 5.74) is 1.35. The maximum atomic E-state index is 12.8. The monoisotopic (exact) mass is 384 g/mol. The Balaban J connectivity index is 1.93. The summed E-state index contributed by atoms with van der Waals surface area (Å²) in [6.07, 6.45) is 1.12. The Hall–Kier alpha value is -3.06. The zero-order chi connectivity index (χ0) is 19.6. The van der Waals surface area contributed by atoms with Gasteiger partial charge in [0.25, 0.3) is 5.91 Å². The average Bonchev–Trinajstić information content (AvgIpc) is 2.65. The lowest BCUT2D eigenvalue weighted by Crippen LogP contribution is -2.24. The molecule has 0 aliphatic rings. The summed E-state index contributed by atoms with van der Waals surface area (Å²) in [6, 6.07) is 17.9. The molecule has 0 atom stereocenters. The topological polar surface area (TPSA) is 75.7 Å². The van der Waals surface area contributed by atoms with Gasteiger partial charge in [-0.1, -0.05) is 30.3 Å². The third-order valence-electron chi connectivity index (χ3n) is 4.28. The summed E-state index contributed by atoms with van der Waals surface area (Å²) in [5, 5.41) is 4.70. The summed E-state index contributed by atoms with van der Waals surface area (Å²) in [4.78, 5) is 12.8. The van der Waals surface area contributed by atoms with Crippen molar-refractivity contribution in [1.82, 2.24) is 0 Å². The fourth-order valence-corrected chi connectivity index (χ4v) is 3.23. The van der Waals surface area contributed by atoms with Gasteiger partial charge >= 0.3 is 0 Å². The van der Waals surface area contributed by atoms with Crippen molar-refractivity contribution in [2.75, 3.05) is 30.0 Å². The SMILES string of the molecule is COc1cc2ccccc2cc1C(=O)Nc1cccc(N(C)S(C)(=O)=O)c1. The minimum Gasteiger partial charge on any atom is -0.496 e. The number of fused-ring (bicyclic) bond motifs is 1. The highest BCUT2D eigenvalue weighted by atomic mass is 32.2. The summed E-state index contributed by atoms with van der Waals surface area (Å²) < 4.78 is 30.0. The molecule has 3 aromatic rings. The van der Waals surface area contributed by atoms with E-state index < -0.39 is 10.0 Å². The Morgan fingerprint density at radius 3 is 2.30 bits per heavy atom.